The summed E-state index contributed by atoms with van der Waals surface area (Å²) in [7, 11) is -1.46. The number of nitrogens with zero attached hydrogens (tertiary/aromatic N) is 2. The van der Waals surface area contributed by atoms with Crippen molar-refractivity contribution in [2.45, 2.75) is 0 Å². The first-order valence-electron chi connectivity index (χ1n) is 4.30. The molecule has 6 nitrogen and oxygen atoms in total. The fourth-order valence-electron chi connectivity index (χ4n) is 0.889. The predicted octanol–water partition coefficient (Wildman–Crippen LogP) is -0.0583. The van der Waals surface area contributed by atoms with Crippen molar-refractivity contribution in [3.8, 4) is 5.88 Å². The average molecular weight is 231 g/mol. The van der Waals surface area contributed by atoms with Gasteiger partial charge in [0, 0.05) is 25.1 Å². The zero-order valence-corrected chi connectivity index (χ0v) is 9.41. The zero-order valence-electron chi connectivity index (χ0n) is 8.60. The van der Waals surface area contributed by atoms with Crippen molar-refractivity contribution in [3.63, 3.8) is 0 Å². The van der Waals surface area contributed by atoms with Gasteiger partial charge in [-0.25, -0.2) is 13.4 Å². The molecular weight excluding hydrogens is 218 g/mol. The lowest BCUT2D eigenvalue weighted by Gasteiger charge is -2.04. The van der Waals surface area contributed by atoms with Gasteiger partial charge in [-0.05, 0) is 0 Å². The third-order valence-corrected chi connectivity index (χ3v) is 2.54. The molecule has 0 aliphatic heterocycles. The van der Waals surface area contributed by atoms with Crippen LogP contribution in [0.2, 0.25) is 0 Å². The summed E-state index contributed by atoms with van der Waals surface area (Å²) in [5.41, 5.74) is 0. The Hall–Kier alpha value is -1.37. The van der Waals surface area contributed by atoms with Gasteiger partial charge in [0.05, 0.1) is 12.9 Å². The molecule has 1 aromatic rings. The largest absolute Gasteiger partial charge is 0.481 e. The summed E-state index contributed by atoms with van der Waals surface area (Å²) in [5.74, 6) is 0.845. The topological polar surface area (TPSA) is 81.2 Å². The van der Waals surface area contributed by atoms with E-state index in [1.54, 1.807) is 6.07 Å². The lowest BCUT2D eigenvalue weighted by molar-refractivity contribution is 0.397. The van der Waals surface area contributed by atoms with Crippen molar-refractivity contribution in [1.82, 2.24) is 9.97 Å². The Balaban J connectivity index is 2.51. The van der Waals surface area contributed by atoms with E-state index in [1.165, 1.54) is 19.6 Å². The molecule has 1 rings (SSSR count). The van der Waals surface area contributed by atoms with Gasteiger partial charge in [0.2, 0.25) is 11.8 Å². The molecule has 1 aromatic heterocycles. The van der Waals surface area contributed by atoms with Gasteiger partial charge >= 0.3 is 0 Å². The maximum atomic E-state index is 10.8. The normalized spacial score (nSPS) is 11.1. The summed E-state index contributed by atoms with van der Waals surface area (Å²) < 4.78 is 26.6. The maximum absolute atomic E-state index is 10.8. The van der Waals surface area contributed by atoms with E-state index in [9.17, 15) is 8.42 Å². The molecule has 1 N–H and O–H groups in total. The van der Waals surface area contributed by atoms with E-state index in [2.05, 4.69) is 15.3 Å². The van der Waals surface area contributed by atoms with Crippen molar-refractivity contribution in [2.24, 2.45) is 0 Å². The fraction of sp³-hybridized carbons (Fsp3) is 0.500. The Labute approximate surface area is 88.6 Å². The monoisotopic (exact) mass is 231 g/mol. The number of hydrogen-bond donors (Lipinski definition) is 1. The maximum Gasteiger partial charge on any atom is 0.225 e. The molecule has 0 aliphatic rings. The van der Waals surface area contributed by atoms with Crippen LogP contribution in [0.4, 0.5) is 5.95 Å². The molecular formula is C8H13N3O3S. The molecule has 0 saturated heterocycles. The molecule has 84 valence electrons. The second-order valence-electron chi connectivity index (χ2n) is 2.98. The summed E-state index contributed by atoms with van der Waals surface area (Å²) >= 11 is 0. The first-order valence-corrected chi connectivity index (χ1v) is 6.36. The summed E-state index contributed by atoms with van der Waals surface area (Å²) in [4.78, 5) is 7.88. The van der Waals surface area contributed by atoms with Gasteiger partial charge in [-0.1, -0.05) is 0 Å². The molecule has 0 atom stereocenters. The third-order valence-electron chi connectivity index (χ3n) is 1.60. The van der Waals surface area contributed by atoms with Gasteiger partial charge in [0.15, 0.2) is 0 Å². The number of sulfone groups is 1. The van der Waals surface area contributed by atoms with Gasteiger partial charge in [-0.3, -0.25) is 0 Å². The van der Waals surface area contributed by atoms with Crippen LogP contribution in [0.15, 0.2) is 12.3 Å². The molecule has 0 radical (unpaired) electrons. The van der Waals surface area contributed by atoms with Crippen molar-refractivity contribution in [2.75, 3.05) is 31.0 Å². The number of ether oxygens (including phenoxy) is 1. The van der Waals surface area contributed by atoms with Crippen LogP contribution in [0.25, 0.3) is 0 Å². The SMILES string of the molecule is COc1ccnc(NCCS(C)(=O)=O)n1. The van der Waals surface area contributed by atoms with Crippen molar-refractivity contribution in [1.29, 1.82) is 0 Å². The summed E-state index contributed by atoms with van der Waals surface area (Å²) in [6, 6.07) is 1.61. The summed E-state index contributed by atoms with van der Waals surface area (Å²) in [6.45, 7) is 0.284. The molecule has 0 bridgehead atoms. The molecule has 0 unspecified atom stereocenters. The lowest BCUT2D eigenvalue weighted by Crippen LogP contribution is -2.15. The zero-order chi connectivity index (χ0) is 11.3. The van der Waals surface area contributed by atoms with Gasteiger partial charge < -0.3 is 10.1 Å². The van der Waals surface area contributed by atoms with E-state index >= 15 is 0 Å². The molecule has 0 aliphatic carbocycles. The van der Waals surface area contributed by atoms with E-state index in [0.29, 0.717) is 11.8 Å². The number of rotatable bonds is 5. The predicted molar refractivity (Wildman–Crippen MR) is 56.8 cm³/mol. The van der Waals surface area contributed by atoms with Crippen LogP contribution in [0, 0.1) is 0 Å². The minimum atomic E-state index is -2.96. The highest BCUT2D eigenvalue weighted by Gasteiger charge is 2.02. The van der Waals surface area contributed by atoms with Crippen LogP contribution in [0.1, 0.15) is 0 Å². The highest BCUT2D eigenvalue weighted by atomic mass is 32.2. The highest BCUT2D eigenvalue weighted by Crippen LogP contribution is 2.06. The standard InChI is InChI=1S/C8H13N3O3S/c1-14-7-3-4-9-8(11-7)10-5-6-15(2,12)13/h3-4H,5-6H2,1-2H3,(H,9,10,11). The Bertz CT molecular complexity index is 419. The second-order valence-corrected chi connectivity index (χ2v) is 5.24. The van der Waals surface area contributed by atoms with Gasteiger partial charge in [-0.2, -0.15) is 4.98 Å². The quantitative estimate of drug-likeness (QED) is 0.764. The van der Waals surface area contributed by atoms with Crippen LogP contribution in [0.5, 0.6) is 5.88 Å². The lowest BCUT2D eigenvalue weighted by atomic mass is 10.6. The van der Waals surface area contributed by atoms with Gasteiger partial charge in [0.25, 0.3) is 0 Å². The first kappa shape index (κ1) is 11.7. The number of anilines is 1. The third kappa shape index (κ3) is 4.59. The van der Waals surface area contributed by atoms with Crippen molar-refractivity contribution in [3.05, 3.63) is 12.3 Å². The smallest absolute Gasteiger partial charge is 0.225 e. The van der Waals surface area contributed by atoms with Gasteiger partial charge in [0.1, 0.15) is 9.84 Å². The van der Waals surface area contributed by atoms with E-state index in [1.807, 2.05) is 0 Å². The highest BCUT2D eigenvalue weighted by molar-refractivity contribution is 7.90. The molecule has 0 spiro atoms. The molecule has 7 heteroatoms. The van der Waals surface area contributed by atoms with E-state index in [4.69, 9.17) is 4.74 Å². The average Bonchev–Trinajstić information content (AvgIpc) is 2.16. The van der Waals surface area contributed by atoms with Crippen LogP contribution >= 0.6 is 0 Å². The van der Waals surface area contributed by atoms with E-state index in [0.717, 1.165) is 0 Å². The molecule has 0 saturated carbocycles. The number of nitrogens with one attached hydrogen (secondary N) is 1. The number of methoxy groups -OCH3 is 1. The molecule has 0 amide bonds. The molecule has 1 heterocycles. The Kier molecular flexibility index (Phi) is 3.84. The number of aromatic nitrogens is 2. The Morgan fingerprint density at radius 2 is 2.27 bits per heavy atom. The van der Waals surface area contributed by atoms with E-state index in [-0.39, 0.29) is 12.3 Å². The van der Waals surface area contributed by atoms with Crippen LogP contribution in [0.3, 0.4) is 0 Å². The Morgan fingerprint density at radius 1 is 1.53 bits per heavy atom. The molecule has 0 fully saturated rings. The van der Waals surface area contributed by atoms with Crippen molar-refractivity contribution >= 4 is 15.8 Å². The molecule has 0 aromatic carbocycles. The second kappa shape index (κ2) is 4.92. The van der Waals surface area contributed by atoms with Crippen LogP contribution in [-0.2, 0) is 9.84 Å². The Morgan fingerprint density at radius 3 is 2.87 bits per heavy atom. The van der Waals surface area contributed by atoms with Crippen LogP contribution in [-0.4, -0.2) is 44.0 Å². The minimum Gasteiger partial charge on any atom is -0.481 e. The first-order chi connectivity index (χ1) is 7.01. The molecule has 15 heavy (non-hydrogen) atoms. The summed E-state index contributed by atoms with van der Waals surface area (Å²) in [6.07, 6.45) is 2.72. The van der Waals surface area contributed by atoms with Crippen LogP contribution < -0.4 is 10.1 Å². The fourth-order valence-corrected chi connectivity index (χ4v) is 1.36. The van der Waals surface area contributed by atoms with E-state index < -0.39 is 9.84 Å². The minimum absolute atomic E-state index is 0.0492. The summed E-state index contributed by atoms with van der Waals surface area (Å²) in [5, 5.41) is 2.79. The van der Waals surface area contributed by atoms with Gasteiger partial charge in [-0.15, -0.1) is 0 Å². The van der Waals surface area contributed by atoms with Crippen molar-refractivity contribution < 1.29 is 13.2 Å². The number of hydrogen-bond acceptors (Lipinski definition) is 6.